The number of nitrogens with zero attached hydrogens (tertiary/aromatic N) is 1. The zero-order valence-corrected chi connectivity index (χ0v) is 14.7. The zero-order chi connectivity index (χ0) is 18.8. The predicted molar refractivity (Wildman–Crippen MR) is 94.2 cm³/mol. The van der Waals surface area contributed by atoms with Gasteiger partial charge in [0.1, 0.15) is 11.6 Å². The van der Waals surface area contributed by atoms with Gasteiger partial charge in [-0.3, -0.25) is 9.59 Å². The van der Waals surface area contributed by atoms with E-state index in [4.69, 9.17) is 16.3 Å². The van der Waals surface area contributed by atoms with Crippen molar-refractivity contribution in [3.63, 3.8) is 0 Å². The molecule has 26 heavy (non-hydrogen) atoms. The van der Waals surface area contributed by atoms with Gasteiger partial charge in [0.05, 0.1) is 18.1 Å². The van der Waals surface area contributed by atoms with Gasteiger partial charge < -0.3 is 14.7 Å². The van der Waals surface area contributed by atoms with Crippen LogP contribution in [0.3, 0.4) is 0 Å². The Bertz CT molecular complexity index is 857. The van der Waals surface area contributed by atoms with Crippen LogP contribution < -0.4 is 4.74 Å². The average molecular weight is 378 g/mol. The SMILES string of the molecule is COc1cccc([C@@H]2CN(C(=O)c3ccc(F)c(Cl)c3)C[C@H]2C(=O)O)c1. The molecule has 1 aliphatic heterocycles. The van der Waals surface area contributed by atoms with Gasteiger partial charge in [-0.1, -0.05) is 23.7 Å². The number of methoxy groups -OCH3 is 1. The lowest BCUT2D eigenvalue weighted by Gasteiger charge is -2.17. The van der Waals surface area contributed by atoms with Gasteiger partial charge in [0.2, 0.25) is 0 Å². The number of aliphatic carboxylic acids is 1. The summed E-state index contributed by atoms with van der Waals surface area (Å²) < 4.78 is 18.5. The van der Waals surface area contributed by atoms with Crippen LogP contribution >= 0.6 is 11.6 Å². The van der Waals surface area contributed by atoms with Gasteiger partial charge >= 0.3 is 5.97 Å². The number of hydrogen-bond acceptors (Lipinski definition) is 3. The van der Waals surface area contributed by atoms with Crippen molar-refractivity contribution in [3.05, 3.63) is 64.4 Å². The minimum atomic E-state index is -0.967. The summed E-state index contributed by atoms with van der Waals surface area (Å²) in [6.45, 7) is 0.322. The van der Waals surface area contributed by atoms with Gasteiger partial charge in [-0.15, -0.1) is 0 Å². The number of carboxylic acid groups (broad SMARTS) is 1. The molecule has 2 atom stereocenters. The highest BCUT2D eigenvalue weighted by Gasteiger charge is 2.40. The lowest BCUT2D eigenvalue weighted by molar-refractivity contribution is -0.141. The summed E-state index contributed by atoms with van der Waals surface area (Å²) in [5, 5.41) is 9.44. The van der Waals surface area contributed by atoms with Crippen LogP contribution in [0, 0.1) is 11.7 Å². The summed E-state index contributed by atoms with van der Waals surface area (Å²) in [4.78, 5) is 25.9. The van der Waals surface area contributed by atoms with Gasteiger partial charge in [0, 0.05) is 24.6 Å². The maximum atomic E-state index is 13.3. The van der Waals surface area contributed by atoms with Gasteiger partial charge in [-0.2, -0.15) is 0 Å². The largest absolute Gasteiger partial charge is 0.497 e. The summed E-state index contributed by atoms with van der Waals surface area (Å²) in [6, 6.07) is 10.9. The second-order valence-electron chi connectivity index (χ2n) is 6.17. The number of carbonyl (C=O) groups is 2. The molecule has 1 N–H and O–H groups in total. The summed E-state index contributed by atoms with van der Waals surface area (Å²) in [6.07, 6.45) is 0. The fourth-order valence-corrected chi connectivity index (χ4v) is 3.42. The topological polar surface area (TPSA) is 66.8 Å². The van der Waals surface area contributed by atoms with Crippen molar-refractivity contribution in [2.75, 3.05) is 20.2 Å². The maximum Gasteiger partial charge on any atom is 0.308 e. The third-order valence-electron chi connectivity index (χ3n) is 4.61. The molecule has 3 rings (SSSR count). The van der Waals surface area contributed by atoms with Gasteiger partial charge in [0.15, 0.2) is 0 Å². The van der Waals surface area contributed by atoms with Gasteiger partial charge in [0.25, 0.3) is 5.91 Å². The van der Waals surface area contributed by atoms with Crippen LogP contribution in [-0.2, 0) is 4.79 Å². The lowest BCUT2D eigenvalue weighted by atomic mass is 9.89. The number of rotatable bonds is 4. The van der Waals surface area contributed by atoms with Crippen LogP contribution in [0.5, 0.6) is 5.75 Å². The number of ether oxygens (including phenoxy) is 1. The molecule has 7 heteroatoms. The molecule has 0 radical (unpaired) electrons. The van der Waals surface area contributed by atoms with Gasteiger partial charge in [-0.05, 0) is 35.9 Å². The molecule has 1 heterocycles. The van der Waals surface area contributed by atoms with Crippen LogP contribution in [0.25, 0.3) is 0 Å². The molecule has 5 nitrogen and oxygen atoms in total. The number of carbonyl (C=O) groups excluding carboxylic acids is 1. The fourth-order valence-electron chi connectivity index (χ4n) is 3.24. The number of hydrogen-bond donors (Lipinski definition) is 1. The van der Waals surface area contributed by atoms with E-state index in [0.717, 1.165) is 11.6 Å². The lowest BCUT2D eigenvalue weighted by Crippen LogP contribution is -2.29. The summed E-state index contributed by atoms with van der Waals surface area (Å²) >= 11 is 5.75. The smallest absolute Gasteiger partial charge is 0.308 e. The standard InChI is InChI=1S/C19H17ClFNO4/c1-26-13-4-2-3-11(7-13)14-9-22(10-15(14)19(24)25)18(23)12-5-6-17(21)16(20)8-12/h2-8,14-15H,9-10H2,1H3,(H,24,25)/t14-,15+/m0/s1. The third-order valence-corrected chi connectivity index (χ3v) is 4.90. The molecule has 0 bridgehead atoms. The van der Waals surface area contributed by atoms with Crippen molar-refractivity contribution in [1.82, 2.24) is 4.90 Å². The Balaban J connectivity index is 1.87. The second-order valence-corrected chi connectivity index (χ2v) is 6.57. The zero-order valence-electron chi connectivity index (χ0n) is 14.0. The van der Waals surface area contributed by atoms with E-state index in [2.05, 4.69) is 0 Å². The van der Waals surface area contributed by atoms with E-state index >= 15 is 0 Å². The highest BCUT2D eigenvalue weighted by molar-refractivity contribution is 6.31. The first-order valence-corrected chi connectivity index (χ1v) is 8.39. The van der Waals surface area contributed by atoms with Crippen molar-refractivity contribution < 1.29 is 23.8 Å². The molecule has 0 saturated carbocycles. The third kappa shape index (κ3) is 3.51. The predicted octanol–water partition coefficient (Wildman–Crippen LogP) is 3.43. The minimum absolute atomic E-state index is 0.0744. The Morgan fingerprint density at radius 2 is 2.00 bits per heavy atom. The van der Waals surface area contributed by atoms with Crippen molar-refractivity contribution in [1.29, 1.82) is 0 Å². The first kappa shape index (κ1) is 18.2. The molecule has 1 fully saturated rings. The Morgan fingerprint density at radius 3 is 2.65 bits per heavy atom. The maximum absolute atomic E-state index is 13.3. The quantitative estimate of drug-likeness (QED) is 0.886. The van der Waals surface area contributed by atoms with Crippen molar-refractivity contribution in [3.8, 4) is 5.75 Å². The molecule has 136 valence electrons. The van der Waals surface area contributed by atoms with Crippen LogP contribution in [-0.4, -0.2) is 42.1 Å². The van der Waals surface area contributed by atoms with Crippen molar-refractivity contribution in [2.24, 2.45) is 5.92 Å². The number of benzene rings is 2. The van der Waals surface area contributed by atoms with Crippen molar-refractivity contribution in [2.45, 2.75) is 5.92 Å². The second kappa shape index (κ2) is 7.33. The van der Waals surface area contributed by atoms with E-state index in [9.17, 15) is 19.1 Å². The van der Waals surface area contributed by atoms with E-state index in [-0.39, 0.29) is 35.5 Å². The Morgan fingerprint density at radius 1 is 1.23 bits per heavy atom. The van der Waals surface area contributed by atoms with Gasteiger partial charge in [-0.25, -0.2) is 4.39 Å². The van der Waals surface area contributed by atoms with E-state index in [1.165, 1.54) is 24.1 Å². The molecule has 2 aromatic rings. The molecule has 2 aromatic carbocycles. The highest BCUT2D eigenvalue weighted by Crippen LogP contribution is 2.35. The Kier molecular flexibility index (Phi) is 5.13. The van der Waals surface area contributed by atoms with E-state index in [1.807, 2.05) is 6.07 Å². The average Bonchev–Trinajstić information content (AvgIpc) is 3.09. The summed E-state index contributed by atoms with van der Waals surface area (Å²) in [5.41, 5.74) is 1.02. The molecule has 0 aliphatic carbocycles. The highest BCUT2D eigenvalue weighted by atomic mass is 35.5. The van der Waals surface area contributed by atoms with E-state index < -0.39 is 17.7 Å². The number of likely N-dealkylation sites (tertiary alicyclic amines) is 1. The number of carboxylic acids is 1. The monoisotopic (exact) mass is 377 g/mol. The molecule has 1 amide bonds. The molecule has 0 aromatic heterocycles. The van der Waals surface area contributed by atoms with Crippen LogP contribution in [0.2, 0.25) is 5.02 Å². The number of halogens is 2. The molecule has 1 aliphatic rings. The van der Waals surface area contributed by atoms with E-state index in [1.54, 1.807) is 18.2 Å². The molecule has 0 spiro atoms. The Labute approximate surface area is 154 Å². The van der Waals surface area contributed by atoms with Crippen LogP contribution in [0.1, 0.15) is 21.8 Å². The molecular weight excluding hydrogens is 361 g/mol. The molecular formula is C19H17ClFNO4. The van der Waals surface area contributed by atoms with Crippen LogP contribution in [0.4, 0.5) is 4.39 Å². The Hall–Kier alpha value is -2.60. The van der Waals surface area contributed by atoms with Crippen molar-refractivity contribution >= 4 is 23.5 Å². The number of amides is 1. The first-order valence-electron chi connectivity index (χ1n) is 8.01. The van der Waals surface area contributed by atoms with Crippen LogP contribution in [0.15, 0.2) is 42.5 Å². The summed E-state index contributed by atoms with van der Waals surface area (Å²) in [7, 11) is 1.54. The molecule has 0 unspecified atom stereocenters. The molecule has 1 saturated heterocycles. The normalized spacial score (nSPS) is 19.4. The first-order chi connectivity index (χ1) is 12.4. The minimum Gasteiger partial charge on any atom is -0.497 e. The fraction of sp³-hybridized carbons (Fsp3) is 0.263. The summed E-state index contributed by atoms with van der Waals surface area (Å²) in [5.74, 6) is -2.41. The van der Waals surface area contributed by atoms with E-state index in [0.29, 0.717) is 5.75 Å².